The van der Waals surface area contributed by atoms with Gasteiger partial charge in [-0.1, -0.05) is 11.8 Å². The zero-order valence-electron chi connectivity index (χ0n) is 15.4. The van der Waals surface area contributed by atoms with Crippen LogP contribution in [-0.4, -0.2) is 44.2 Å². The summed E-state index contributed by atoms with van der Waals surface area (Å²) in [7, 11) is 0. The number of nitrogens with one attached hydrogen (secondary N) is 1. The summed E-state index contributed by atoms with van der Waals surface area (Å²) in [5, 5.41) is 8.89. The first kappa shape index (κ1) is 18.1. The van der Waals surface area contributed by atoms with Crippen LogP contribution >= 0.6 is 23.5 Å². The molecule has 0 aliphatic carbocycles. The molecule has 1 fully saturated rings. The summed E-state index contributed by atoms with van der Waals surface area (Å²) >= 11 is 3.14. The standard InChI is InChI=1S/C17H23N5OS2/c1-7-21-11(5)12(6)24-16(21)14-15(23)22(8-2)17(25-14)18-13-9(3)19-20-10(13)4/h7-8H2,1-6H3,(H,19,20)/b16-14-,18-17?. The lowest BCUT2D eigenvalue weighted by Gasteiger charge is -2.20. The fraction of sp³-hybridized carbons (Fsp3) is 0.471. The van der Waals surface area contributed by atoms with Gasteiger partial charge in [0, 0.05) is 23.7 Å². The van der Waals surface area contributed by atoms with Crippen LogP contribution in [0.15, 0.2) is 25.5 Å². The van der Waals surface area contributed by atoms with Crippen molar-refractivity contribution in [1.82, 2.24) is 20.0 Å². The highest BCUT2D eigenvalue weighted by molar-refractivity contribution is 8.19. The third kappa shape index (κ3) is 3.01. The Bertz CT molecular complexity index is 802. The van der Waals surface area contributed by atoms with E-state index in [4.69, 9.17) is 4.99 Å². The van der Waals surface area contributed by atoms with Crippen molar-refractivity contribution in [1.29, 1.82) is 0 Å². The maximum Gasteiger partial charge on any atom is 0.269 e. The largest absolute Gasteiger partial charge is 0.338 e. The van der Waals surface area contributed by atoms with Crippen LogP contribution in [0.5, 0.6) is 0 Å². The number of H-pyrrole nitrogens is 1. The molecule has 6 nitrogen and oxygen atoms in total. The highest BCUT2D eigenvalue weighted by Gasteiger charge is 2.38. The summed E-state index contributed by atoms with van der Waals surface area (Å²) in [6.07, 6.45) is 0. The number of rotatable bonds is 3. The molecule has 0 unspecified atom stereocenters. The number of amidine groups is 1. The third-order valence-electron chi connectivity index (χ3n) is 4.40. The van der Waals surface area contributed by atoms with Crippen molar-refractivity contribution in [2.45, 2.75) is 41.5 Å². The number of likely N-dealkylation sites (N-methyl/N-ethyl adjacent to an activating group) is 1. The summed E-state index contributed by atoms with van der Waals surface area (Å²) in [6.45, 7) is 13.6. The van der Waals surface area contributed by atoms with Gasteiger partial charge in [-0.25, -0.2) is 4.99 Å². The Balaban J connectivity index is 2.03. The number of thioether (sulfide) groups is 2. The number of carbonyl (C=O) groups is 1. The summed E-state index contributed by atoms with van der Waals surface area (Å²) in [6, 6.07) is 0. The number of aryl methyl sites for hydroxylation is 2. The average molecular weight is 378 g/mol. The molecule has 2 aliphatic rings. The van der Waals surface area contributed by atoms with E-state index in [1.807, 2.05) is 20.8 Å². The normalized spacial score (nSPS) is 23.0. The number of aromatic amines is 1. The molecule has 3 rings (SSSR count). The molecule has 0 atom stereocenters. The zero-order chi connectivity index (χ0) is 18.3. The number of allylic oxidation sites excluding steroid dienone is 2. The van der Waals surface area contributed by atoms with Gasteiger partial charge in [-0.3, -0.25) is 14.8 Å². The van der Waals surface area contributed by atoms with Gasteiger partial charge in [0.25, 0.3) is 5.91 Å². The number of amides is 1. The lowest BCUT2D eigenvalue weighted by molar-refractivity contribution is -0.122. The smallest absolute Gasteiger partial charge is 0.269 e. The number of hydrogen-bond acceptors (Lipinski definition) is 6. The maximum atomic E-state index is 13.0. The van der Waals surface area contributed by atoms with Gasteiger partial charge in [-0.15, -0.1) is 0 Å². The SMILES string of the molecule is CCN1C(=O)/C(=C2/SC(C)=C(C)N2CC)SC1=Nc1c(C)n[nH]c1C. The van der Waals surface area contributed by atoms with Crippen molar-refractivity contribution >= 4 is 40.3 Å². The molecular weight excluding hydrogens is 354 g/mol. The van der Waals surface area contributed by atoms with Crippen LogP contribution in [0.2, 0.25) is 0 Å². The molecule has 134 valence electrons. The topological polar surface area (TPSA) is 64.6 Å². The van der Waals surface area contributed by atoms with Gasteiger partial charge in [0.2, 0.25) is 0 Å². The second-order valence-corrected chi connectivity index (χ2v) is 8.13. The van der Waals surface area contributed by atoms with Crippen LogP contribution in [0.4, 0.5) is 5.69 Å². The molecule has 1 aromatic rings. The summed E-state index contributed by atoms with van der Waals surface area (Å²) in [5.74, 6) is 0.0356. The molecule has 2 aliphatic heterocycles. The summed E-state index contributed by atoms with van der Waals surface area (Å²) in [4.78, 5) is 23.7. The van der Waals surface area contributed by atoms with Gasteiger partial charge in [-0.05, 0) is 53.3 Å². The van der Waals surface area contributed by atoms with Gasteiger partial charge < -0.3 is 4.90 Å². The minimum absolute atomic E-state index is 0.0356. The molecule has 1 amide bonds. The Labute approximate surface area is 156 Å². The van der Waals surface area contributed by atoms with Crippen molar-refractivity contribution in [3.8, 4) is 0 Å². The van der Waals surface area contributed by atoms with E-state index < -0.39 is 0 Å². The molecule has 1 N–H and O–H groups in total. The highest BCUT2D eigenvalue weighted by atomic mass is 32.2. The zero-order valence-corrected chi connectivity index (χ0v) is 17.1. The summed E-state index contributed by atoms with van der Waals surface area (Å²) in [5.41, 5.74) is 3.79. The Morgan fingerprint density at radius 3 is 2.32 bits per heavy atom. The van der Waals surface area contributed by atoms with Crippen molar-refractivity contribution in [3.05, 3.63) is 31.9 Å². The van der Waals surface area contributed by atoms with Crippen LogP contribution in [-0.2, 0) is 4.79 Å². The van der Waals surface area contributed by atoms with E-state index in [2.05, 4.69) is 35.9 Å². The number of hydrogen-bond donors (Lipinski definition) is 1. The Kier molecular flexibility index (Phi) is 5.02. The van der Waals surface area contributed by atoms with Crippen LogP contribution in [0.25, 0.3) is 0 Å². The number of carbonyl (C=O) groups excluding carboxylic acids is 1. The highest BCUT2D eigenvalue weighted by Crippen LogP contribution is 2.47. The van der Waals surface area contributed by atoms with Crippen molar-refractivity contribution in [3.63, 3.8) is 0 Å². The van der Waals surface area contributed by atoms with E-state index >= 15 is 0 Å². The van der Waals surface area contributed by atoms with E-state index in [0.29, 0.717) is 6.54 Å². The first-order valence-electron chi connectivity index (χ1n) is 8.36. The Morgan fingerprint density at radius 1 is 1.08 bits per heavy atom. The molecule has 1 aromatic heterocycles. The number of aromatic nitrogens is 2. The Morgan fingerprint density at radius 2 is 1.76 bits per heavy atom. The Hall–Kier alpha value is -1.67. The monoisotopic (exact) mass is 377 g/mol. The second-order valence-electron chi connectivity index (χ2n) is 5.95. The number of nitrogens with zero attached hydrogens (tertiary/aromatic N) is 4. The quantitative estimate of drug-likeness (QED) is 0.804. The first-order chi connectivity index (χ1) is 11.9. The van der Waals surface area contributed by atoms with E-state index in [9.17, 15) is 4.79 Å². The molecule has 3 heterocycles. The second kappa shape index (κ2) is 6.92. The van der Waals surface area contributed by atoms with Gasteiger partial charge in [-0.2, -0.15) is 5.10 Å². The minimum atomic E-state index is 0.0356. The van der Waals surface area contributed by atoms with Gasteiger partial charge >= 0.3 is 0 Å². The predicted molar refractivity (Wildman–Crippen MR) is 106 cm³/mol. The van der Waals surface area contributed by atoms with Gasteiger partial charge in [0.15, 0.2) is 5.17 Å². The van der Waals surface area contributed by atoms with E-state index in [0.717, 1.165) is 38.7 Å². The fourth-order valence-electron chi connectivity index (χ4n) is 2.87. The molecule has 0 bridgehead atoms. The molecule has 0 saturated carbocycles. The van der Waals surface area contributed by atoms with E-state index in [1.54, 1.807) is 16.7 Å². The average Bonchev–Trinajstić information content (AvgIpc) is 3.17. The molecule has 8 heteroatoms. The van der Waals surface area contributed by atoms with Crippen LogP contribution in [0.3, 0.4) is 0 Å². The van der Waals surface area contributed by atoms with Crippen molar-refractivity contribution < 1.29 is 4.79 Å². The van der Waals surface area contributed by atoms with Crippen LogP contribution in [0, 0.1) is 13.8 Å². The fourth-order valence-corrected chi connectivity index (χ4v) is 5.26. The molecule has 0 radical (unpaired) electrons. The lowest BCUT2D eigenvalue weighted by Crippen LogP contribution is -2.29. The minimum Gasteiger partial charge on any atom is -0.338 e. The molecule has 25 heavy (non-hydrogen) atoms. The van der Waals surface area contributed by atoms with Crippen LogP contribution in [0.1, 0.15) is 39.1 Å². The van der Waals surface area contributed by atoms with Crippen molar-refractivity contribution in [2.75, 3.05) is 13.1 Å². The van der Waals surface area contributed by atoms with Crippen LogP contribution < -0.4 is 0 Å². The lowest BCUT2D eigenvalue weighted by atomic mass is 10.3. The molecular formula is C17H23N5OS2. The van der Waals surface area contributed by atoms with E-state index in [-0.39, 0.29) is 5.91 Å². The predicted octanol–water partition coefficient (Wildman–Crippen LogP) is 4.10. The molecule has 0 aromatic carbocycles. The van der Waals surface area contributed by atoms with Gasteiger partial charge in [0.05, 0.1) is 16.4 Å². The molecule has 0 spiro atoms. The number of aliphatic imine (C=N–C) groups is 1. The molecule has 1 saturated heterocycles. The van der Waals surface area contributed by atoms with Crippen molar-refractivity contribution in [2.24, 2.45) is 4.99 Å². The van der Waals surface area contributed by atoms with E-state index in [1.165, 1.54) is 22.4 Å². The first-order valence-corrected chi connectivity index (χ1v) is 9.99. The van der Waals surface area contributed by atoms with Gasteiger partial charge in [0.1, 0.15) is 10.6 Å². The summed E-state index contributed by atoms with van der Waals surface area (Å²) < 4.78 is 0. The third-order valence-corrected chi connectivity index (χ3v) is 6.81. The maximum absolute atomic E-state index is 13.0.